The van der Waals surface area contributed by atoms with E-state index in [-0.39, 0.29) is 36.0 Å². The SMILES string of the molecule is COCCN(C(=O)COc1ccccc1NC(C)=O)[C@@H]1CCS(=O)(=O)C1. The molecule has 26 heavy (non-hydrogen) atoms. The van der Waals surface area contributed by atoms with Gasteiger partial charge in [-0.05, 0) is 18.6 Å². The van der Waals surface area contributed by atoms with Gasteiger partial charge >= 0.3 is 0 Å². The fourth-order valence-corrected chi connectivity index (χ4v) is 4.56. The Morgan fingerprint density at radius 3 is 2.65 bits per heavy atom. The summed E-state index contributed by atoms with van der Waals surface area (Å²) in [5, 5.41) is 2.64. The molecule has 0 bridgehead atoms. The van der Waals surface area contributed by atoms with Crippen LogP contribution in [0.1, 0.15) is 13.3 Å². The molecule has 1 aliphatic heterocycles. The average molecular weight is 384 g/mol. The largest absolute Gasteiger partial charge is 0.482 e. The molecule has 0 saturated carbocycles. The van der Waals surface area contributed by atoms with E-state index in [0.717, 1.165) is 0 Å². The number of nitrogens with zero attached hydrogens (tertiary/aromatic N) is 1. The lowest BCUT2D eigenvalue weighted by Gasteiger charge is -2.28. The second kappa shape index (κ2) is 9.00. The number of para-hydroxylation sites is 2. The van der Waals surface area contributed by atoms with Crippen LogP contribution in [-0.4, -0.2) is 69.5 Å². The Labute approximate surface area is 153 Å². The second-order valence-electron chi connectivity index (χ2n) is 6.10. The molecular formula is C17H24N2O6S. The second-order valence-corrected chi connectivity index (χ2v) is 8.33. The molecule has 1 aromatic carbocycles. The Hall–Kier alpha value is -2.13. The number of anilines is 1. The van der Waals surface area contributed by atoms with Crippen molar-refractivity contribution < 1.29 is 27.5 Å². The van der Waals surface area contributed by atoms with Crippen molar-refractivity contribution in [1.29, 1.82) is 0 Å². The van der Waals surface area contributed by atoms with Crippen LogP contribution >= 0.6 is 0 Å². The zero-order chi connectivity index (χ0) is 19.2. The van der Waals surface area contributed by atoms with Crippen molar-refractivity contribution in [3.63, 3.8) is 0 Å². The van der Waals surface area contributed by atoms with E-state index < -0.39 is 9.84 Å². The van der Waals surface area contributed by atoms with Gasteiger partial charge in [-0.25, -0.2) is 8.42 Å². The number of amides is 2. The molecule has 1 fully saturated rings. The van der Waals surface area contributed by atoms with Gasteiger partial charge < -0.3 is 19.7 Å². The van der Waals surface area contributed by atoms with E-state index in [1.807, 2.05) is 0 Å². The standard InChI is InChI=1S/C17H24N2O6S/c1-13(20)18-15-5-3-4-6-16(15)25-11-17(21)19(8-9-24-2)14-7-10-26(22,23)12-14/h3-6,14H,7-12H2,1-2H3,(H,18,20)/t14-/m1/s1. The van der Waals surface area contributed by atoms with Gasteiger partial charge in [0, 0.05) is 26.6 Å². The van der Waals surface area contributed by atoms with Crippen molar-refractivity contribution in [3.8, 4) is 5.75 Å². The molecule has 2 amide bonds. The Balaban J connectivity index is 2.04. The molecule has 0 radical (unpaired) electrons. The third-order valence-electron chi connectivity index (χ3n) is 4.05. The highest BCUT2D eigenvalue weighted by Gasteiger charge is 2.34. The van der Waals surface area contributed by atoms with Crippen molar-refractivity contribution >= 4 is 27.3 Å². The number of carbonyl (C=O) groups is 2. The number of nitrogens with one attached hydrogen (secondary N) is 1. The zero-order valence-electron chi connectivity index (χ0n) is 14.9. The van der Waals surface area contributed by atoms with Gasteiger partial charge in [0.1, 0.15) is 5.75 Å². The lowest BCUT2D eigenvalue weighted by molar-refractivity contribution is -0.136. The fourth-order valence-electron chi connectivity index (χ4n) is 2.83. The molecule has 8 nitrogen and oxygen atoms in total. The summed E-state index contributed by atoms with van der Waals surface area (Å²) in [7, 11) is -1.59. The molecule has 0 aliphatic carbocycles. The highest BCUT2D eigenvalue weighted by molar-refractivity contribution is 7.91. The normalized spacial score (nSPS) is 18.3. The molecule has 9 heteroatoms. The number of sulfone groups is 1. The maximum Gasteiger partial charge on any atom is 0.260 e. The van der Waals surface area contributed by atoms with Crippen LogP contribution in [0.15, 0.2) is 24.3 Å². The molecule has 0 spiro atoms. The smallest absolute Gasteiger partial charge is 0.260 e. The van der Waals surface area contributed by atoms with Crippen LogP contribution in [0.3, 0.4) is 0 Å². The molecule has 1 heterocycles. The molecule has 1 N–H and O–H groups in total. The van der Waals surface area contributed by atoms with Crippen LogP contribution in [0.2, 0.25) is 0 Å². The first-order valence-corrected chi connectivity index (χ1v) is 10.1. The molecule has 1 atom stereocenters. The number of hydrogen-bond acceptors (Lipinski definition) is 6. The van der Waals surface area contributed by atoms with Gasteiger partial charge in [-0.3, -0.25) is 9.59 Å². The first-order chi connectivity index (χ1) is 12.3. The van der Waals surface area contributed by atoms with Crippen molar-refractivity contribution in [2.24, 2.45) is 0 Å². The Morgan fingerprint density at radius 2 is 2.04 bits per heavy atom. The summed E-state index contributed by atoms with van der Waals surface area (Å²) in [6.45, 7) is 1.74. The summed E-state index contributed by atoms with van der Waals surface area (Å²) >= 11 is 0. The van der Waals surface area contributed by atoms with E-state index in [2.05, 4.69) is 5.32 Å². The Morgan fingerprint density at radius 1 is 1.31 bits per heavy atom. The summed E-state index contributed by atoms with van der Waals surface area (Å²) in [6, 6.07) is 6.44. The van der Waals surface area contributed by atoms with Crippen molar-refractivity contribution in [2.75, 3.05) is 43.7 Å². The molecule has 0 unspecified atom stereocenters. The van der Waals surface area contributed by atoms with Gasteiger partial charge in [0.15, 0.2) is 16.4 Å². The van der Waals surface area contributed by atoms with Crippen LogP contribution in [0.5, 0.6) is 5.75 Å². The molecule has 144 valence electrons. The minimum Gasteiger partial charge on any atom is -0.482 e. The van der Waals surface area contributed by atoms with Crippen LogP contribution in [0.25, 0.3) is 0 Å². The Bertz CT molecular complexity index is 749. The summed E-state index contributed by atoms with van der Waals surface area (Å²) in [4.78, 5) is 25.4. The van der Waals surface area contributed by atoms with Crippen LogP contribution in [0.4, 0.5) is 5.69 Å². The maximum absolute atomic E-state index is 12.6. The van der Waals surface area contributed by atoms with Crippen LogP contribution in [0, 0.1) is 0 Å². The summed E-state index contributed by atoms with van der Waals surface area (Å²) in [6.07, 6.45) is 0.417. The van der Waals surface area contributed by atoms with E-state index in [1.165, 1.54) is 18.9 Å². The molecule has 1 aromatic rings. The quantitative estimate of drug-likeness (QED) is 0.707. The third kappa shape index (κ3) is 5.70. The molecule has 1 aliphatic rings. The highest BCUT2D eigenvalue weighted by Crippen LogP contribution is 2.24. The van der Waals surface area contributed by atoms with Gasteiger partial charge in [0.25, 0.3) is 5.91 Å². The van der Waals surface area contributed by atoms with E-state index in [9.17, 15) is 18.0 Å². The van der Waals surface area contributed by atoms with E-state index in [4.69, 9.17) is 9.47 Å². The molecule has 1 saturated heterocycles. The van der Waals surface area contributed by atoms with Crippen molar-refractivity contribution in [2.45, 2.75) is 19.4 Å². The average Bonchev–Trinajstić information content (AvgIpc) is 2.93. The molecule has 2 rings (SSSR count). The summed E-state index contributed by atoms with van der Waals surface area (Å²) in [5.41, 5.74) is 0.472. The van der Waals surface area contributed by atoms with E-state index in [1.54, 1.807) is 24.3 Å². The minimum absolute atomic E-state index is 0.0368. The zero-order valence-corrected chi connectivity index (χ0v) is 15.8. The van der Waals surface area contributed by atoms with Gasteiger partial charge in [0.05, 0.1) is 23.8 Å². The van der Waals surface area contributed by atoms with Gasteiger partial charge in [-0.15, -0.1) is 0 Å². The van der Waals surface area contributed by atoms with Gasteiger partial charge in [-0.1, -0.05) is 12.1 Å². The predicted octanol–water partition coefficient (Wildman–Crippen LogP) is 0.686. The topological polar surface area (TPSA) is 102 Å². The van der Waals surface area contributed by atoms with Gasteiger partial charge in [-0.2, -0.15) is 0 Å². The maximum atomic E-state index is 12.6. The van der Waals surface area contributed by atoms with Crippen LogP contribution in [-0.2, 0) is 24.2 Å². The first kappa shape index (κ1) is 20.2. The first-order valence-electron chi connectivity index (χ1n) is 8.30. The lowest BCUT2D eigenvalue weighted by atomic mass is 10.2. The fraction of sp³-hybridized carbons (Fsp3) is 0.529. The number of methoxy groups -OCH3 is 1. The number of ether oxygens (including phenoxy) is 2. The van der Waals surface area contributed by atoms with Gasteiger partial charge in [0.2, 0.25) is 5.91 Å². The van der Waals surface area contributed by atoms with E-state index >= 15 is 0 Å². The highest BCUT2D eigenvalue weighted by atomic mass is 32.2. The summed E-state index contributed by atoms with van der Waals surface area (Å²) in [5.74, 6) is -0.139. The number of carbonyl (C=O) groups excluding carboxylic acids is 2. The predicted molar refractivity (Wildman–Crippen MR) is 96.9 cm³/mol. The molecular weight excluding hydrogens is 360 g/mol. The monoisotopic (exact) mass is 384 g/mol. The number of benzene rings is 1. The van der Waals surface area contributed by atoms with Crippen molar-refractivity contribution in [3.05, 3.63) is 24.3 Å². The lowest BCUT2D eigenvalue weighted by Crippen LogP contribution is -2.45. The van der Waals surface area contributed by atoms with Crippen molar-refractivity contribution in [1.82, 2.24) is 4.90 Å². The summed E-state index contributed by atoms with van der Waals surface area (Å²) < 4.78 is 34.1. The van der Waals surface area contributed by atoms with Crippen LogP contribution < -0.4 is 10.1 Å². The number of rotatable bonds is 8. The minimum atomic E-state index is -3.11. The molecule has 0 aromatic heterocycles. The third-order valence-corrected chi connectivity index (χ3v) is 5.81. The Kier molecular flexibility index (Phi) is 6.98. The number of hydrogen-bond donors (Lipinski definition) is 1. The van der Waals surface area contributed by atoms with E-state index in [0.29, 0.717) is 31.0 Å².